The molecule has 1 amide bonds. The molecule has 12 heavy (non-hydrogen) atoms. The standard InChI is InChI=1S/C7H14N2O3/c1-4(2)9-6(10)5(8-3)7(11)12/h4-5,8H,1-3H3,(H,9,10)(H,11,12). The van der Waals surface area contributed by atoms with Gasteiger partial charge in [0.1, 0.15) is 0 Å². The third-order valence-electron chi connectivity index (χ3n) is 1.23. The van der Waals surface area contributed by atoms with Crippen LogP contribution in [0.15, 0.2) is 0 Å². The number of amides is 1. The molecule has 0 fully saturated rings. The van der Waals surface area contributed by atoms with Crippen LogP contribution < -0.4 is 10.6 Å². The Morgan fingerprint density at radius 3 is 2.08 bits per heavy atom. The molecule has 0 saturated carbocycles. The van der Waals surface area contributed by atoms with Crippen LogP contribution in [-0.2, 0) is 9.59 Å². The summed E-state index contributed by atoms with van der Waals surface area (Å²) < 4.78 is 0. The van der Waals surface area contributed by atoms with Crippen molar-refractivity contribution in [3.63, 3.8) is 0 Å². The fourth-order valence-electron chi connectivity index (χ4n) is 0.735. The molecule has 1 atom stereocenters. The molecule has 5 heteroatoms. The Hall–Kier alpha value is -1.10. The van der Waals surface area contributed by atoms with Crippen molar-refractivity contribution >= 4 is 11.9 Å². The minimum absolute atomic E-state index is 0.0484. The number of nitrogens with one attached hydrogen (secondary N) is 2. The highest BCUT2D eigenvalue weighted by molar-refractivity contribution is 6.01. The molecule has 0 aromatic rings. The average Bonchev–Trinajstić information content (AvgIpc) is 1.85. The minimum atomic E-state index is -1.17. The highest BCUT2D eigenvalue weighted by Gasteiger charge is 2.23. The van der Waals surface area contributed by atoms with Gasteiger partial charge in [0.05, 0.1) is 0 Å². The monoisotopic (exact) mass is 174 g/mol. The highest BCUT2D eigenvalue weighted by atomic mass is 16.4. The third kappa shape index (κ3) is 3.34. The van der Waals surface area contributed by atoms with Gasteiger partial charge < -0.3 is 10.4 Å². The predicted octanol–water partition coefficient (Wildman–Crippen LogP) is -0.816. The number of hydrogen-bond donors (Lipinski definition) is 3. The molecule has 70 valence electrons. The topological polar surface area (TPSA) is 78.4 Å². The van der Waals surface area contributed by atoms with Crippen molar-refractivity contribution in [2.45, 2.75) is 25.9 Å². The molecule has 0 aromatic heterocycles. The predicted molar refractivity (Wildman–Crippen MR) is 43.8 cm³/mol. The van der Waals surface area contributed by atoms with Gasteiger partial charge in [-0.3, -0.25) is 10.1 Å². The molecule has 0 aliphatic carbocycles. The first kappa shape index (κ1) is 10.9. The van der Waals surface area contributed by atoms with Crippen molar-refractivity contribution < 1.29 is 14.7 Å². The first-order valence-corrected chi connectivity index (χ1v) is 3.69. The number of carboxylic acid groups (broad SMARTS) is 1. The molecule has 0 bridgehead atoms. The lowest BCUT2D eigenvalue weighted by Gasteiger charge is -2.13. The first-order chi connectivity index (χ1) is 5.49. The van der Waals surface area contributed by atoms with Gasteiger partial charge in [-0.25, -0.2) is 4.79 Å². The lowest BCUT2D eigenvalue weighted by molar-refractivity contribution is -0.143. The zero-order chi connectivity index (χ0) is 9.72. The Morgan fingerprint density at radius 1 is 1.33 bits per heavy atom. The van der Waals surface area contributed by atoms with Crippen LogP contribution in [0.3, 0.4) is 0 Å². The normalized spacial score (nSPS) is 12.7. The van der Waals surface area contributed by atoms with E-state index in [1.807, 2.05) is 0 Å². The second-order valence-electron chi connectivity index (χ2n) is 2.72. The van der Waals surface area contributed by atoms with Crippen molar-refractivity contribution in [2.24, 2.45) is 0 Å². The molecule has 0 spiro atoms. The fourth-order valence-corrected chi connectivity index (χ4v) is 0.735. The second-order valence-corrected chi connectivity index (χ2v) is 2.72. The van der Waals surface area contributed by atoms with Crippen molar-refractivity contribution in [1.82, 2.24) is 10.6 Å². The van der Waals surface area contributed by atoms with Crippen LogP contribution in [0.2, 0.25) is 0 Å². The Bertz CT molecular complexity index is 179. The van der Waals surface area contributed by atoms with Crippen LogP contribution in [0.1, 0.15) is 13.8 Å². The first-order valence-electron chi connectivity index (χ1n) is 3.69. The molecule has 0 aliphatic heterocycles. The average molecular weight is 174 g/mol. The van der Waals surface area contributed by atoms with Crippen molar-refractivity contribution in [2.75, 3.05) is 7.05 Å². The van der Waals surface area contributed by atoms with E-state index >= 15 is 0 Å². The SMILES string of the molecule is CNC(C(=O)O)C(=O)NC(C)C. The van der Waals surface area contributed by atoms with Crippen LogP contribution in [-0.4, -0.2) is 36.1 Å². The molecule has 0 heterocycles. The quantitative estimate of drug-likeness (QED) is 0.487. The Kier molecular flexibility index (Phi) is 4.28. The van der Waals surface area contributed by atoms with Gasteiger partial charge in [-0.1, -0.05) is 0 Å². The largest absolute Gasteiger partial charge is 0.480 e. The number of carbonyl (C=O) groups is 2. The number of likely N-dealkylation sites (N-methyl/N-ethyl adjacent to an activating group) is 1. The van der Waals surface area contributed by atoms with Crippen LogP contribution in [0.25, 0.3) is 0 Å². The number of carboxylic acids is 1. The minimum Gasteiger partial charge on any atom is -0.480 e. The maximum atomic E-state index is 11.1. The maximum Gasteiger partial charge on any atom is 0.330 e. The van der Waals surface area contributed by atoms with Crippen LogP contribution >= 0.6 is 0 Å². The van der Waals surface area contributed by atoms with E-state index in [0.717, 1.165) is 0 Å². The Morgan fingerprint density at radius 2 is 1.83 bits per heavy atom. The van der Waals surface area contributed by atoms with Crippen LogP contribution in [0.5, 0.6) is 0 Å². The zero-order valence-electron chi connectivity index (χ0n) is 7.42. The Balaban J connectivity index is 4.13. The maximum absolute atomic E-state index is 11.1. The van der Waals surface area contributed by atoms with E-state index in [4.69, 9.17) is 5.11 Å². The summed E-state index contributed by atoms with van der Waals surface area (Å²) in [5, 5.41) is 13.4. The van der Waals surface area contributed by atoms with E-state index in [9.17, 15) is 9.59 Å². The molecule has 3 N–H and O–H groups in total. The number of aliphatic carboxylic acids is 1. The smallest absolute Gasteiger partial charge is 0.330 e. The van der Waals surface area contributed by atoms with Crippen LogP contribution in [0, 0.1) is 0 Å². The molecule has 0 radical (unpaired) electrons. The summed E-state index contributed by atoms with van der Waals surface area (Å²) in [4.78, 5) is 21.5. The molecular weight excluding hydrogens is 160 g/mol. The molecule has 0 rings (SSSR count). The van der Waals surface area contributed by atoms with E-state index in [0.29, 0.717) is 0 Å². The molecular formula is C7H14N2O3. The third-order valence-corrected chi connectivity index (χ3v) is 1.23. The second kappa shape index (κ2) is 4.71. The molecule has 0 saturated heterocycles. The summed E-state index contributed by atoms with van der Waals surface area (Å²) >= 11 is 0. The van der Waals surface area contributed by atoms with E-state index in [-0.39, 0.29) is 6.04 Å². The lowest BCUT2D eigenvalue weighted by Crippen LogP contribution is -2.49. The van der Waals surface area contributed by atoms with Gasteiger partial charge in [0, 0.05) is 6.04 Å². The molecule has 1 unspecified atom stereocenters. The Labute approximate surface area is 71.1 Å². The van der Waals surface area contributed by atoms with Crippen molar-refractivity contribution in [3.05, 3.63) is 0 Å². The van der Waals surface area contributed by atoms with Gasteiger partial charge in [-0.15, -0.1) is 0 Å². The summed E-state index contributed by atoms with van der Waals surface area (Å²) in [6, 6.07) is -1.21. The van der Waals surface area contributed by atoms with Gasteiger partial charge in [0.15, 0.2) is 6.04 Å². The lowest BCUT2D eigenvalue weighted by atomic mass is 10.2. The number of hydrogen-bond acceptors (Lipinski definition) is 3. The highest BCUT2D eigenvalue weighted by Crippen LogP contribution is 1.85. The fraction of sp³-hybridized carbons (Fsp3) is 0.714. The van der Waals surface area contributed by atoms with Crippen molar-refractivity contribution in [3.8, 4) is 0 Å². The van der Waals surface area contributed by atoms with Gasteiger partial charge in [-0.2, -0.15) is 0 Å². The van der Waals surface area contributed by atoms with Gasteiger partial charge in [0.25, 0.3) is 0 Å². The summed E-state index contributed by atoms with van der Waals surface area (Å²) in [5.41, 5.74) is 0. The van der Waals surface area contributed by atoms with Crippen LogP contribution in [0.4, 0.5) is 0 Å². The molecule has 5 nitrogen and oxygen atoms in total. The summed E-state index contributed by atoms with van der Waals surface area (Å²) in [7, 11) is 1.43. The summed E-state index contributed by atoms with van der Waals surface area (Å²) in [6.45, 7) is 3.54. The summed E-state index contributed by atoms with van der Waals surface area (Å²) in [5.74, 6) is -1.68. The van der Waals surface area contributed by atoms with Gasteiger partial charge in [-0.05, 0) is 20.9 Å². The number of rotatable bonds is 4. The van der Waals surface area contributed by atoms with E-state index in [1.54, 1.807) is 13.8 Å². The zero-order valence-corrected chi connectivity index (χ0v) is 7.42. The van der Waals surface area contributed by atoms with E-state index in [1.165, 1.54) is 7.05 Å². The van der Waals surface area contributed by atoms with Gasteiger partial charge >= 0.3 is 5.97 Å². The van der Waals surface area contributed by atoms with Crippen molar-refractivity contribution in [1.29, 1.82) is 0 Å². The van der Waals surface area contributed by atoms with E-state index in [2.05, 4.69) is 10.6 Å². The summed E-state index contributed by atoms with van der Waals surface area (Å²) in [6.07, 6.45) is 0. The van der Waals surface area contributed by atoms with Gasteiger partial charge in [0.2, 0.25) is 5.91 Å². The molecule has 0 aromatic carbocycles. The molecule has 0 aliphatic rings. The number of carbonyl (C=O) groups excluding carboxylic acids is 1. The van der Waals surface area contributed by atoms with E-state index < -0.39 is 17.9 Å².